The van der Waals surface area contributed by atoms with Gasteiger partial charge in [-0.25, -0.2) is 4.98 Å². The Morgan fingerprint density at radius 2 is 2.17 bits per heavy atom. The van der Waals surface area contributed by atoms with E-state index in [1.54, 1.807) is 36.8 Å². The van der Waals surface area contributed by atoms with Crippen molar-refractivity contribution < 1.29 is 9.32 Å². The molecule has 0 bridgehead atoms. The van der Waals surface area contributed by atoms with E-state index in [-0.39, 0.29) is 5.91 Å². The van der Waals surface area contributed by atoms with Gasteiger partial charge in [-0.3, -0.25) is 9.78 Å². The van der Waals surface area contributed by atoms with E-state index in [1.165, 1.54) is 0 Å². The second kappa shape index (κ2) is 6.69. The highest BCUT2D eigenvalue weighted by atomic mass is 16.5. The highest BCUT2D eigenvalue weighted by Crippen LogP contribution is 2.15. The molecule has 1 amide bonds. The van der Waals surface area contributed by atoms with Gasteiger partial charge in [0.1, 0.15) is 11.5 Å². The number of aryl methyl sites for hydroxylation is 1. The van der Waals surface area contributed by atoms with Crippen LogP contribution in [0.15, 0.2) is 53.4 Å². The molecule has 0 aliphatic carbocycles. The summed E-state index contributed by atoms with van der Waals surface area (Å²) in [7, 11) is 0. The smallest absolute Gasteiger partial charge is 0.270 e. The lowest BCUT2D eigenvalue weighted by Crippen LogP contribution is -2.23. The number of rotatable bonds is 5. The lowest BCUT2D eigenvalue weighted by Gasteiger charge is -2.06. The molecule has 0 aromatic carbocycles. The standard InChI is InChI=1S/C16H15N5O2/c1-11-7-15(21-23-11)20-13-4-5-14(18-10-13)16(22)19-9-12-3-2-6-17-8-12/h2-8,10H,9H2,1H3,(H,19,22)(H,20,21). The van der Waals surface area contributed by atoms with Crippen LogP contribution in [-0.4, -0.2) is 21.0 Å². The highest BCUT2D eigenvalue weighted by Gasteiger charge is 2.07. The van der Waals surface area contributed by atoms with Crippen molar-refractivity contribution >= 4 is 17.4 Å². The number of hydrogen-bond donors (Lipinski definition) is 2. The second-order valence-corrected chi connectivity index (χ2v) is 4.92. The Bertz CT molecular complexity index is 784. The van der Waals surface area contributed by atoms with Crippen LogP contribution < -0.4 is 10.6 Å². The third-order valence-electron chi connectivity index (χ3n) is 3.07. The van der Waals surface area contributed by atoms with Gasteiger partial charge in [-0.2, -0.15) is 0 Å². The molecule has 2 N–H and O–H groups in total. The minimum atomic E-state index is -0.238. The zero-order valence-electron chi connectivity index (χ0n) is 12.5. The summed E-state index contributed by atoms with van der Waals surface area (Å²) >= 11 is 0. The van der Waals surface area contributed by atoms with Gasteiger partial charge in [-0.15, -0.1) is 0 Å². The van der Waals surface area contributed by atoms with Crippen molar-refractivity contribution in [1.29, 1.82) is 0 Å². The van der Waals surface area contributed by atoms with Crippen LogP contribution in [0.4, 0.5) is 11.5 Å². The molecule has 0 aliphatic rings. The fourth-order valence-electron chi connectivity index (χ4n) is 1.95. The van der Waals surface area contributed by atoms with Crippen molar-refractivity contribution in [3.8, 4) is 0 Å². The fraction of sp³-hybridized carbons (Fsp3) is 0.125. The van der Waals surface area contributed by atoms with Crippen LogP contribution in [0.2, 0.25) is 0 Å². The van der Waals surface area contributed by atoms with Crippen molar-refractivity contribution in [3.05, 3.63) is 65.9 Å². The van der Waals surface area contributed by atoms with E-state index in [0.29, 0.717) is 23.8 Å². The minimum absolute atomic E-state index is 0.238. The number of amides is 1. The average molecular weight is 309 g/mol. The Kier molecular flexibility index (Phi) is 4.28. The van der Waals surface area contributed by atoms with E-state index < -0.39 is 0 Å². The molecule has 0 saturated carbocycles. The van der Waals surface area contributed by atoms with Crippen LogP contribution in [0, 0.1) is 6.92 Å². The first kappa shape index (κ1) is 14.7. The quantitative estimate of drug-likeness (QED) is 0.752. The Hall–Kier alpha value is -3.22. The van der Waals surface area contributed by atoms with Crippen LogP contribution in [0.25, 0.3) is 0 Å². The number of nitrogens with zero attached hydrogens (tertiary/aromatic N) is 3. The summed E-state index contributed by atoms with van der Waals surface area (Å²) in [6.45, 7) is 2.22. The first-order valence-corrected chi connectivity index (χ1v) is 7.04. The maximum Gasteiger partial charge on any atom is 0.270 e. The predicted molar refractivity (Wildman–Crippen MR) is 84.2 cm³/mol. The number of aromatic nitrogens is 3. The molecule has 0 atom stereocenters. The van der Waals surface area contributed by atoms with E-state index in [1.807, 2.05) is 19.1 Å². The molecule has 3 aromatic heterocycles. The van der Waals surface area contributed by atoms with Gasteiger partial charge in [0, 0.05) is 25.0 Å². The molecule has 3 heterocycles. The monoisotopic (exact) mass is 309 g/mol. The van der Waals surface area contributed by atoms with Crippen molar-refractivity contribution in [1.82, 2.24) is 20.4 Å². The summed E-state index contributed by atoms with van der Waals surface area (Å²) in [5, 5.41) is 9.67. The fourth-order valence-corrected chi connectivity index (χ4v) is 1.95. The van der Waals surface area contributed by atoms with Crippen molar-refractivity contribution in [2.45, 2.75) is 13.5 Å². The number of nitrogens with one attached hydrogen (secondary N) is 2. The van der Waals surface area contributed by atoms with E-state index in [4.69, 9.17) is 4.52 Å². The lowest BCUT2D eigenvalue weighted by atomic mass is 10.2. The molecule has 0 saturated heterocycles. The molecule has 7 heteroatoms. The van der Waals surface area contributed by atoms with Gasteiger partial charge in [0.05, 0.1) is 11.9 Å². The molecule has 0 radical (unpaired) electrons. The molecule has 0 unspecified atom stereocenters. The van der Waals surface area contributed by atoms with Crippen LogP contribution in [0.1, 0.15) is 21.8 Å². The Morgan fingerprint density at radius 1 is 1.26 bits per heavy atom. The normalized spacial score (nSPS) is 10.3. The average Bonchev–Trinajstić information content (AvgIpc) is 2.99. The van der Waals surface area contributed by atoms with Crippen molar-refractivity contribution in [3.63, 3.8) is 0 Å². The molecule has 0 spiro atoms. The summed E-state index contributed by atoms with van der Waals surface area (Å²) in [6.07, 6.45) is 4.97. The third kappa shape index (κ3) is 3.91. The van der Waals surface area contributed by atoms with Crippen molar-refractivity contribution in [2.24, 2.45) is 0 Å². The van der Waals surface area contributed by atoms with Crippen LogP contribution in [0.3, 0.4) is 0 Å². The summed E-state index contributed by atoms with van der Waals surface area (Å²) in [5.41, 5.74) is 2.00. The van der Waals surface area contributed by atoms with Crippen LogP contribution in [0.5, 0.6) is 0 Å². The van der Waals surface area contributed by atoms with Crippen LogP contribution in [-0.2, 0) is 6.54 Å². The van der Waals surface area contributed by atoms with E-state index in [0.717, 1.165) is 11.3 Å². The summed E-state index contributed by atoms with van der Waals surface area (Å²) in [4.78, 5) is 20.2. The van der Waals surface area contributed by atoms with Gasteiger partial charge in [0.25, 0.3) is 5.91 Å². The lowest BCUT2D eigenvalue weighted by molar-refractivity contribution is 0.0946. The number of carbonyl (C=O) groups is 1. The molecule has 0 aliphatic heterocycles. The Morgan fingerprint density at radius 3 is 2.83 bits per heavy atom. The molecular formula is C16H15N5O2. The van der Waals surface area contributed by atoms with Gasteiger partial charge in [0.2, 0.25) is 0 Å². The van der Waals surface area contributed by atoms with E-state index >= 15 is 0 Å². The minimum Gasteiger partial charge on any atom is -0.360 e. The van der Waals surface area contributed by atoms with Gasteiger partial charge in [-0.1, -0.05) is 11.2 Å². The van der Waals surface area contributed by atoms with Gasteiger partial charge >= 0.3 is 0 Å². The zero-order valence-corrected chi connectivity index (χ0v) is 12.5. The van der Waals surface area contributed by atoms with Gasteiger partial charge < -0.3 is 15.2 Å². The first-order valence-electron chi connectivity index (χ1n) is 7.04. The highest BCUT2D eigenvalue weighted by molar-refractivity contribution is 5.92. The maximum absolute atomic E-state index is 12.0. The molecule has 7 nitrogen and oxygen atoms in total. The zero-order chi connectivity index (χ0) is 16.1. The number of carbonyl (C=O) groups excluding carboxylic acids is 1. The van der Waals surface area contributed by atoms with E-state index in [9.17, 15) is 4.79 Å². The summed E-state index contributed by atoms with van der Waals surface area (Å²) in [6, 6.07) is 8.90. The predicted octanol–water partition coefficient (Wildman–Crippen LogP) is 2.45. The molecule has 3 rings (SSSR count). The first-order chi connectivity index (χ1) is 11.2. The van der Waals surface area contributed by atoms with Crippen LogP contribution >= 0.6 is 0 Å². The SMILES string of the molecule is Cc1cc(Nc2ccc(C(=O)NCc3cccnc3)nc2)no1. The van der Waals surface area contributed by atoms with Gasteiger partial charge in [0.15, 0.2) is 5.82 Å². The number of anilines is 2. The summed E-state index contributed by atoms with van der Waals surface area (Å²) in [5.74, 6) is 1.07. The Balaban J connectivity index is 1.59. The number of pyridine rings is 2. The number of hydrogen-bond acceptors (Lipinski definition) is 6. The molecule has 116 valence electrons. The van der Waals surface area contributed by atoms with Crippen molar-refractivity contribution in [2.75, 3.05) is 5.32 Å². The largest absolute Gasteiger partial charge is 0.360 e. The molecule has 0 fully saturated rings. The summed E-state index contributed by atoms with van der Waals surface area (Å²) < 4.78 is 4.97. The molecule has 23 heavy (non-hydrogen) atoms. The topological polar surface area (TPSA) is 92.9 Å². The molecule has 3 aromatic rings. The third-order valence-corrected chi connectivity index (χ3v) is 3.07. The molecular weight excluding hydrogens is 294 g/mol. The Labute approximate surface area is 132 Å². The maximum atomic E-state index is 12.0. The van der Waals surface area contributed by atoms with E-state index in [2.05, 4.69) is 25.8 Å². The van der Waals surface area contributed by atoms with Gasteiger partial charge in [-0.05, 0) is 30.7 Å². The second-order valence-electron chi connectivity index (χ2n) is 4.92.